The molecule has 172 valence electrons. The number of anilines is 1. The number of esters is 1. The van der Waals surface area contributed by atoms with Crippen LogP contribution in [0.1, 0.15) is 18.1 Å². The van der Waals surface area contributed by atoms with Crippen LogP contribution in [0.3, 0.4) is 0 Å². The first-order valence-electron chi connectivity index (χ1n) is 9.91. The van der Waals surface area contributed by atoms with Gasteiger partial charge in [0.2, 0.25) is 11.8 Å². The molecular formula is C24H17ClN2O6S. The number of para-hydroxylation sites is 1. The fourth-order valence-corrected chi connectivity index (χ4v) is 4.10. The second-order valence-corrected chi connectivity index (χ2v) is 9.11. The predicted molar refractivity (Wildman–Crippen MR) is 127 cm³/mol. The molecule has 0 fully saturated rings. The highest BCUT2D eigenvalue weighted by Crippen LogP contribution is 2.28. The van der Waals surface area contributed by atoms with E-state index < -0.39 is 16.1 Å². The SMILES string of the molecule is CC(=O)Nc1ccc(S(=O)(=O)Oc2ccccc2/C=C2/N=C(c3ccc(Cl)cc3)OC2=O)cc1. The number of aliphatic imine (C=N–C) groups is 1. The molecule has 0 radical (unpaired) electrons. The Labute approximate surface area is 200 Å². The van der Waals surface area contributed by atoms with E-state index in [0.29, 0.717) is 21.8 Å². The highest BCUT2D eigenvalue weighted by Gasteiger charge is 2.25. The van der Waals surface area contributed by atoms with Crippen LogP contribution in [-0.4, -0.2) is 26.2 Å². The number of rotatable bonds is 6. The zero-order valence-electron chi connectivity index (χ0n) is 17.7. The van der Waals surface area contributed by atoms with Crippen molar-refractivity contribution in [2.75, 3.05) is 5.32 Å². The number of benzene rings is 3. The average Bonchev–Trinajstić information content (AvgIpc) is 3.15. The lowest BCUT2D eigenvalue weighted by Crippen LogP contribution is -2.11. The number of nitrogens with one attached hydrogen (secondary N) is 1. The largest absolute Gasteiger partial charge is 0.402 e. The van der Waals surface area contributed by atoms with E-state index in [1.165, 1.54) is 43.3 Å². The summed E-state index contributed by atoms with van der Waals surface area (Å²) in [6, 6.07) is 18.5. The molecule has 10 heteroatoms. The van der Waals surface area contributed by atoms with Crippen molar-refractivity contribution in [2.24, 2.45) is 4.99 Å². The fraction of sp³-hybridized carbons (Fsp3) is 0.0417. The fourth-order valence-electron chi connectivity index (χ4n) is 3.02. The third-order valence-corrected chi connectivity index (χ3v) is 6.09. The van der Waals surface area contributed by atoms with E-state index in [4.69, 9.17) is 20.5 Å². The molecule has 0 aliphatic carbocycles. The zero-order valence-corrected chi connectivity index (χ0v) is 19.3. The van der Waals surface area contributed by atoms with Crippen molar-refractivity contribution >= 4 is 51.3 Å². The van der Waals surface area contributed by atoms with E-state index >= 15 is 0 Å². The molecule has 0 saturated heterocycles. The highest BCUT2D eigenvalue weighted by molar-refractivity contribution is 7.87. The maximum atomic E-state index is 12.8. The Kier molecular flexibility index (Phi) is 6.49. The van der Waals surface area contributed by atoms with Crippen LogP contribution in [0.2, 0.25) is 5.02 Å². The van der Waals surface area contributed by atoms with Gasteiger partial charge in [-0.1, -0.05) is 29.8 Å². The number of carbonyl (C=O) groups is 2. The summed E-state index contributed by atoms with van der Waals surface area (Å²) in [6.07, 6.45) is 1.38. The number of amides is 1. The van der Waals surface area contributed by atoms with E-state index in [2.05, 4.69) is 10.3 Å². The van der Waals surface area contributed by atoms with Gasteiger partial charge < -0.3 is 14.2 Å². The van der Waals surface area contributed by atoms with Gasteiger partial charge in [0, 0.05) is 28.8 Å². The molecule has 0 atom stereocenters. The van der Waals surface area contributed by atoms with E-state index in [9.17, 15) is 18.0 Å². The normalized spacial score (nSPS) is 14.5. The van der Waals surface area contributed by atoms with Crippen LogP contribution < -0.4 is 9.50 Å². The van der Waals surface area contributed by atoms with Gasteiger partial charge in [-0.2, -0.15) is 8.42 Å². The first-order valence-corrected chi connectivity index (χ1v) is 11.7. The van der Waals surface area contributed by atoms with Gasteiger partial charge in [0.1, 0.15) is 10.6 Å². The topological polar surface area (TPSA) is 111 Å². The predicted octanol–water partition coefficient (Wildman–Crippen LogP) is 4.41. The maximum Gasteiger partial charge on any atom is 0.363 e. The number of carbonyl (C=O) groups excluding carboxylic acids is 2. The molecule has 1 N–H and O–H groups in total. The Morgan fingerprint density at radius 2 is 1.71 bits per heavy atom. The average molecular weight is 497 g/mol. The lowest BCUT2D eigenvalue weighted by atomic mass is 10.1. The minimum atomic E-state index is -4.19. The van der Waals surface area contributed by atoms with Gasteiger partial charge in [0.05, 0.1) is 0 Å². The van der Waals surface area contributed by atoms with Gasteiger partial charge >= 0.3 is 16.1 Å². The number of hydrogen-bond donors (Lipinski definition) is 1. The lowest BCUT2D eigenvalue weighted by Gasteiger charge is -2.10. The van der Waals surface area contributed by atoms with Gasteiger partial charge in [0.15, 0.2) is 5.70 Å². The molecule has 4 rings (SSSR count). The summed E-state index contributed by atoms with van der Waals surface area (Å²) in [4.78, 5) is 27.6. The number of nitrogens with zero attached hydrogens (tertiary/aromatic N) is 1. The number of cyclic esters (lactones) is 1. The summed E-state index contributed by atoms with van der Waals surface area (Å²) in [5, 5.41) is 3.09. The first-order chi connectivity index (χ1) is 16.2. The molecular weight excluding hydrogens is 480 g/mol. The Morgan fingerprint density at radius 1 is 1.03 bits per heavy atom. The summed E-state index contributed by atoms with van der Waals surface area (Å²) in [5.41, 5.74) is 1.31. The van der Waals surface area contributed by atoms with Crippen molar-refractivity contribution < 1.29 is 26.9 Å². The van der Waals surface area contributed by atoms with Gasteiger partial charge in [-0.3, -0.25) is 4.79 Å². The Bertz CT molecular complexity index is 1430. The number of hydrogen-bond acceptors (Lipinski definition) is 7. The van der Waals surface area contributed by atoms with Crippen LogP contribution in [0.25, 0.3) is 6.08 Å². The maximum absolute atomic E-state index is 12.8. The molecule has 0 aromatic heterocycles. The van der Waals surface area contributed by atoms with Crippen molar-refractivity contribution in [1.82, 2.24) is 0 Å². The van der Waals surface area contributed by atoms with E-state index in [-0.39, 0.29) is 28.1 Å². The highest BCUT2D eigenvalue weighted by atomic mass is 35.5. The lowest BCUT2D eigenvalue weighted by molar-refractivity contribution is -0.129. The summed E-state index contributed by atoms with van der Waals surface area (Å²) in [6.45, 7) is 1.35. The Morgan fingerprint density at radius 3 is 2.38 bits per heavy atom. The van der Waals surface area contributed by atoms with E-state index in [0.717, 1.165) is 0 Å². The standard InChI is InChI=1S/C24H17ClN2O6S/c1-15(28)26-19-10-12-20(13-11-19)34(30,31)33-22-5-3-2-4-17(22)14-21-24(29)32-23(27-21)16-6-8-18(25)9-7-16/h2-14H,1H3,(H,26,28)/b21-14+. The molecule has 0 unspecified atom stereocenters. The van der Waals surface area contributed by atoms with Crippen molar-refractivity contribution in [2.45, 2.75) is 11.8 Å². The minimum Gasteiger partial charge on any atom is -0.402 e. The molecule has 3 aromatic carbocycles. The summed E-state index contributed by atoms with van der Waals surface area (Å²) >= 11 is 5.89. The van der Waals surface area contributed by atoms with Gasteiger partial charge in [-0.25, -0.2) is 9.79 Å². The molecule has 0 saturated carbocycles. The van der Waals surface area contributed by atoms with Crippen LogP contribution in [0, 0.1) is 0 Å². The smallest absolute Gasteiger partial charge is 0.363 e. The van der Waals surface area contributed by atoms with E-state index in [1.54, 1.807) is 42.5 Å². The Hall–Kier alpha value is -3.95. The molecule has 8 nitrogen and oxygen atoms in total. The molecule has 1 amide bonds. The van der Waals surface area contributed by atoms with Crippen LogP contribution in [-0.2, 0) is 24.4 Å². The summed E-state index contributed by atoms with van der Waals surface area (Å²) in [5.74, 6) is -0.848. The number of ether oxygens (including phenoxy) is 1. The second-order valence-electron chi connectivity index (χ2n) is 7.12. The first kappa shape index (κ1) is 23.2. The van der Waals surface area contributed by atoms with Crippen LogP contribution >= 0.6 is 11.6 Å². The quantitative estimate of drug-likeness (QED) is 0.307. The Balaban J connectivity index is 1.60. The van der Waals surface area contributed by atoms with Crippen molar-refractivity contribution in [3.05, 3.63) is 94.6 Å². The monoisotopic (exact) mass is 496 g/mol. The minimum absolute atomic E-state index is 0.00359. The van der Waals surface area contributed by atoms with Crippen molar-refractivity contribution in [3.63, 3.8) is 0 Å². The molecule has 0 spiro atoms. The molecule has 1 heterocycles. The van der Waals surface area contributed by atoms with Crippen molar-refractivity contribution in [1.29, 1.82) is 0 Å². The van der Waals surface area contributed by atoms with Crippen LogP contribution in [0.15, 0.2) is 88.4 Å². The van der Waals surface area contributed by atoms with Gasteiger partial charge in [-0.15, -0.1) is 0 Å². The summed E-state index contributed by atoms with van der Waals surface area (Å²) < 4.78 is 36.2. The second kappa shape index (κ2) is 9.50. The van der Waals surface area contributed by atoms with E-state index in [1.807, 2.05) is 0 Å². The molecule has 1 aliphatic rings. The molecule has 1 aliphatic heterocycles. The van der Waals surface area contributed by atoms with Crippen LogP contribution in [0.5, 0.6) is 5.75 Å². The summed E-state index contributed by atoms with van der Waals surface area (Å²) in [7, 11) is -4.19. The zero-order chi connectivity index (χ0) is 24.3. The van der Waals surface area contributed by atoms with Gasteiger partial charge in [0.25, 0.3) is 0 Å². The molecule has 3 aromatic rings. The van der Waals surface area contributed by atoms with Crippen molar-refractivity contribution in [3.8, 4) is 5.75 Å². The molecule has 0 bridgehead atoms. The third kappa shape index (κ3) is 5.33. The van der Waals surface area contributed by atoms with Crippen LogP contribution in [0.4, 0.5) is 5.69 Å². The van der Waals surface area contributed by atoms with Gasteiger partial charge in [-0.05, 0) is 60.7 Å². The number of halogens is 1. The third-order valence-electron chi connectivity index (χ3n) is 4.59. The molecule has 34 heavy (non-hydrogen) atoms.